The lowest BCUT2D eigenvalue weighted by Crippen LogP contribution is -2.45. The molecule has 0 spiro atoms. The zero-order valence-electron chi connectivity index (χ0n) is 12.1. The molecule has 3 heterocycles. The van der Waals surface area contributed by atoms with Gasteiger partial charge in [-0.15, -0.1) is 11.3 Å². The van der Waals surface area contributed by atoms with Crippen LogP contribution in [-0.2, 0) is 11.2 Å². The summed E-state index contributed by atoms with van der Waals surface area (Å²) in [5.41, 5.74) is 0.917. The van der Waals surface area contributed by atoms with E-state index in [4.69, 9.17) is 4.42 Å². The lowest BCUT2D eigenvalue weighted by Gasteiger charge is -2.31. The van der Waals surface area contributed by atoms with Crippen LogP contribution in [0.25, 0.3) is 10.6 Å². The molecule has 1 saturated heterocycles. The van der Waals surface area contributed by atoms with Crippen LogP contribution in [0.3, 0.4) is 0 Å². The van der Waals surface area contributed by atoms with Crippen molar-refractivity contribution in [2.45, 2.75) is 24.9 Å². The molecule has 5 nitrogen and oxygen atoms in total. The van der Waals surface area contributed by atoms with Crippen LogP contribution in [0.4, 0.5) is 0 Å². The van der Waals surface area contributed by atoms with Gasteiger partial charge < -0.3 is 14.8 Å². The third-order valence-corrected chi connectivity index (χ3v) is 5.63. The fourth-order valence-electron chi connectivity index (χ4n) is 2.33. The molecule has 0 atom stereocenters. The van der Waals surface area contributed by atoms with Crippen molar-refractivity contribution >= 4 is 29.0 Å². The normalized spacial score (nSPS) is 17.3. The quantitative estimate of drug-likeness (QED) is 0.875. The zero-order chi connectivity index (χ0) is 15.4. The third kappa shape index (κ3) is 3.91. The monoisotopic (exact) mass is 338 g/mol. The molecule has 1 aliphatic heterocycles. The summed E-state index contributed by atoms with van der Waals surface area (Å²) < 4.78 is 5.03. The standard InChI is InChI=1S/C15H18N2O3S2/c18-13(16-10-15(19)2-5-21-6-3-15)7-12-9-22-14(17-12)11-1-4-20-8-11/h1,4,8-9,19H,2-3,5-7,10H2,(H,16,18). The van der Waals surface area contributed by atoms with Gasteiger partial charge in [0.05, 0.1) is 24.0 Å². The summed E-state index contributed by atoms with van der Waals surface area (Å²) in [6.07, 6.45) is 4.95. The van der Waals surface area contributed by atoms with Crippen LogP contribution in [0, 0.1) is 0 Å². The number of aliphatic hydroxyl groups is 1. The lowest BCUT2D eigenvalue weighted by molar-refractivity contribution is -0.121. The molecule has 7 heteroatoms. The summed E-state index contributed by atoms with van der Waals surface area (Å²) in [5, 5.41) is 15.9. The van der Waals surface area contributed by atoms with Gasteiger partial charge in [-0.3, -0.25) is 4.79 Å². The van der Waals surface area contributed by atoms with E-state index in [1.54, 1.807) is 12.5 Å². The zero-order valence-corrected chi connectivity index (χ0v) is 13.7. The summed E-state index contributed by atoms with van der Waals surface area (Å²) in [6.45, 7) is 0.325. The van der Waals surface area contributed by atoms with Crippen LogP contribution < -0.4 is 5.32 Å². The molecule has 0 radical (unpaired) electrons. The van der Waals surface area contributed by atoms with E-state index in [2.05, 4.69) is 10.3 Å². The fourth-order valence-corrected chi connectivity index (χ4v) is 4.38. The highest BCUT2D eigenvalue weighted by molar-refractivity contribution is 7.99. The van der Waals surface area contributed by atoms with Crippen molar-refractivity contribution in [2.24, 2.45) is 0 Å². The number of hydrogen-bond donors (Lipinski definition) is 2. The summed E-state index contributed by atoms with van der Waals surface area (Å²) in [5.74, 6) is 1.80. The number of amides is 1. The third-order valence-electron chi connectivity index (χ3n) is 3.70. The molecule has 2 aromatic heterocycles. The first kappa shape index (κ1) is 15.6. The van der Waals surface area contributed by atoms with Crippen LogP contribution in [-0.4, -0.2) is 39.6 Å². The second-order valence-electron chi connectivity index (χ2n) is 5.45. The first-order chi connectivity index (χ1) is 10.6. The van der Waals surface area contributed by atoms with Gasteiger partial charge in [0.1, 0.15) is 11.3 Å². The minimum atomic E-state index is -0.745. The second kappa shape index (κ2) is 6.85. The van der Waals surface area contributed by atoms with Crippen LogP contribution >= 0.6 is 23.1 Å². The number of carbonyl (C=O) groups is 1. The van der Waals surface area contributed by atoms with E-state index >= 15 is 0 Å². The van der Waals surface area contributed by atoms with E-state index in [1.165, 1.54) is 11.3 Å². The Morgan fingerprint density at radius 3 is 3.00 bits per heavy atom. The highest BCUT2D eigenvalue weighted by Gasteiger charge is 2.29. The average Bonchev–Trinajstić information content (AvgIpc) is 3.17. The van der Waals surface area contributed by atoms with Crippen LogP contribution in [0.15, 0.2) is 28.4 Å². The van der Waals surface area contributed by atoms with Crippen molar-refractivity contribution in [3.8, 4) is 10.6 Å². The maximum Gasteiger partial charge on any atom is 0.226 e. The number of furan rings is 1. The Morgan fingerprint density at radius 2 is 2.27 bits per heavy atom. The van der Waals surface area contributed by atoms with Crippen molar-refractivity contribution in [1.29, 1.82) is 0 Å². The first-order valence-electron chi connectivity index (χ1n) is 7.18. The Hall–Kier alpha value is -1.31. The molecular formula is C15H18N2O3S2. The van der Waals surface area contributed by atoms with E-state index in [0.717, 1.165) is 40.6 Å². The van der Waals surface area contributed by atoms with Crippen LogP contribution in [0.2, 0.25) is 0 Å². The van der Waals surface area contributed by atoms with Crippen LogP contribution in [0.5, 0.6) is 0 Å². The topological polar surface area (TPSA) is 75.4 Å². The molecule has 0 saturated carbocycles. The molecule has 1 amide bonds. The van der Waals surface area contributed by atoms with E-state index in [1.807, 2.05) is 23.2 Å². The van der Waals surface area contributed by atoms with E-state index in [-0.39, 0.29) is 12.3 Å². The molecule has 118 valence electrons. The number of thiazole rings is 1. The second-order valence-corrected chi connectivity index (χ2v) is 7.53. The molecule has 3 rings (SSSR count). The van der Waals surface area contributed by atoms with E-state index in [9.17, 15) is 9.90 Å². The molecular weight excluding hydrogens is 320 g/mol. The number of thioether (sulfide) groups is 1. The maximum atomic E-state index is 12.0. The lowest BCUT2D eigenvalue weighted by atomic mass is 9.97. The van der Waals surface area contributed by atoms with Gasteiger partial charge in [-0.1, -0.05) is 0 Å². The summed E-state index contributed by atoms with van der Waals surface area (Å²) >= 11 is 3.34. The van der Waals surface area contributed by atoms with Gasteiger partial charge in [0.15, 0.2) is 0 Å². The molecule has 0 aromatic carbocycles. The first-order valence-corrected chi connectivity index (χ1v) is 9.22. The summed E-state index contributed by atoms with van der Waals surface area (Å²) in [6, 6.07) is 1.85. The number of aromatic nitrogens is 1. The fraction of sp³-hybridized carbons (Fsp3) is 0.467. The Morgan fingerprint density at radius 1 is 1.45 bits per heavy atom. The van der Waals surface area contributed by atoms with Crippen molar-refractivity contribution in [3.05, 3.63) is 29.7 Å². The number of nitrogens with one attached hydrogen (secondary N) is 1. The van der Waals surface area contributed by atoms with Gasteiger partial charge in [-0.2, -0.15) is 11.8 Å². The largest absolute Gasteiger partial charge is 0.472 e. The van der Waals surface area contributed by atoms with Crippen molar-refractivity contribution < 1.29 is 14.3 Å². The average molecular weight is 338 g/mol. The molecule has 0 bridgehead atoms. The van der Waals surface area contributed by atoms with Gasteiger partial charge >= 0.3 is 0 Å². The molecule has 22 heavy (non-hydrogen) atoms. The van der Waals surface area contributed by atoms with E-state index in [0.29, 0.717) is 6.54 Å². The number of hydrogen-bond acceptors (Lipinski definition) is 6. The minimum Gasteiger partial charge on any atom is -0.472 e. The van der Waals surface area contributed by atoms with Crippen molar-refractivity contribution in [1.82, 2.24) is 10.3 Å². The molecule has 2 N–H and O–H groups in total. The number of nitrogens with zero attached hydrogens (tertiary/aromatic N) is 1. The van der Waals surface area contributed by atoms with Gasteiger partial charge in [-0.25, -0.2) is 4.98 Å². The molecule has 1 fully saturated rings. The number of rotatable bonds is 5. The van der Waals surface area contributed by atoms with Gasteiger partial charge in [0.2, 0.25) is 5.91 Å². The Kier molecular flexibility index (Phi) is 4.85. The minimum absolute atomic E-state index is 0.101. The summed E-state index contributed by atoms with van der Waals surface area (Å²) in [7, 11) is 0. The predicted molar refractivity (Wildman–Crippen MR) is 88.0 cm³/mol. The molecule has 2 aromatic rings. The molecule has 0 unspecified atom stereocenters. The molecule has 0 aliphatic carbocycles. The van der Waals surface area contributed by atoms with Crippen LogP contribution in [0.1, 0.15) is 18.5 Å². The maximum absolute atomic E-state index is 12.0. The number of carbonyl (C=O) groups excluding carboxylic acids is 1. The van der Waals surface area contributed by atoms with Gasteiger partial charge in [-0.05, 0) is 30.4 Å². The highest BCUT2D eigenvalue weighted by Crippen LogP contribution is 2.26. The highest BCUT2D eigenvalue weighted by atomic mass is 32.2. The predicted octanol–water partition coefficient (Wildman–Crippen LogP) is 2.32. The summed E-state index contributed by atoms with van der Waals surface area (Å²) in [4.78, 5) is 16.4. The Balaban J connectivity index is 1.51. The SMILES string of the molecule is O=C(Cc1csc(-c2ccoc2)n1)NCC1(O)CCSCC1. The van der Waals surface area contributed by atoms with Gasteiger partial charge in [0.25, 0.3) is 0 Å². The van der Waals surface area contributed by atoms with Crippen molar-refractivity contribution in [2.75, 3.05) is 18.1 Å². The van der Waals surface area contributed by atoms with Gasteiger partial charge in [0, 0.05) is 17.5 Å². The van der Waals surface area contributed by atoms with Crippen molar-refractivity contribution in [3.63, 3.8) is 0 Å². The molecule has 1 aliphatic rings. The Bertz CT molecular complexity index is 619. The smallest absolute Gasteiger partial charge is 0.226 e. The van der Waals surface area contributed by atoms with E-state index < -0.39 is 5.60 Å². The Labute approximate surface area is 137 Å².